The van der Waals surface area contributed by atoms with Crippen LogP contribution in [-0.2, 0) is 0 Å². The predicted octanol–water partition coefficient (Wildman–Crippen LogP) is 4.21. The third-order valence-corrected chi connectivity index (χ3v) is 3.08. The van der Waals surface area contributed by atoms with Crippen LogP contribution in [0.25, 0.3) is 11.1 Å². The van der Waals surface area contributed by atoms with Gasteiger partial charge in [-0.25, -0.2) is 8.78 Å². The quantitative estimate of drug-likeness (QED) is 0.613. The summed E-state index contributed by atoms with van der Waals surface area (Å²) in [6.07, 6.45) is 0. The first-order valence-electron chi connectivity index (χ1n) is 5.27. The Balaban J connectivity index is 2.60. The number of halogens is 3. The van der Waals surface area contributed by atoms with E-state index in [1.54, 1.807) is 24.3 Å². The van der Waals surface area contributed by atoms with E-state index in [0.29, 0.717) is 11.1 Å². The normalized spacial score (nSPS) is 10.4. The summed E-state index contributed by atoms with van der Waals surface area (Å²) in [5, 5.41) is 0.160. The Kier molecular flexibility index (Phi) is 3.87. The van der Waals surface area contributed by atoms with E-state index < -0.39 is 11.6 Å². The number of carbonyl (C=O) groups excluding carboxylic acids is 1. The molecule has 0 atom stereocenters. The summed E-state index contributed by atoms with van der Waals surface area (Å²) in [5.74, 6) is -1.46. The van der Waals surface area contributed by atoms with Gasteiger partial charge in [0.25, 0.3) is 0 Å². The Bertz CT molecular complexity index is 596. The van der Waals surface area contributed by atoms with Gasteiger partial charge in [-0.2, -0.15) is 0 Å². The van der Waals surface area contributed by atoms with Gasteiger partial charge in [-0.15, -0.1) is 0 Å². The molecule has 0 saturated heterocycles. The molecule has 0 unspecified atom stereocenters. The fourth-order valence-electron chi connectivity index (χ4n) is 1.74. The number of carbonyl (C=O) groups is 1. The molecule has 0 saturated carbocycles. The van der Waals surface area contributed by atoms with Gasteiger partial charge in [-0.3, -0.25) is 4.79 Å². The molecule has 18 heavy (non-hydrogen) atoms. The minimum absolute atomic E-state index is 0.144. The third-order valence-electron chi connectivity index (χ3n) is 2.57. The van der Waals surface area contributed by atoms with Crippen molar-refractivity contribution in [2.75, 3.05) is 5.33 Å². The summed E-state index contributed by atoms with van der Waals surface area (Å²) < 4.78 is 26.6. The molecule has 0 aliphatic rings. The zero-order valence-electron chi connectivity index (χ0n) is 9.29. The molecule has 0 aliphatic carbocycles. The molecule has 0 N–H and O–H groups in total. The van der Waals surface area contributed by atoms with Crippen molar-refractivity contribution in [1.82, 2.24) is 0 Å². The Hall–Kier alpha value is -1.55. The van der Waals surface area contributed by atoms with Crippen LogP contribution in [0.2, 0.25) is 0 Å². The number of rotatable bonds is 3. The fraction of sp³-hybridized carbons (Fsp3) is 0.0714. The predicted molar refractivity (Wildman–Crippen MR) is 69.9 cm³/mol. The average molecular weight is 311 g/mol. The first-order chi connectivity index (χ1) is 8.63. The molecule has 0 aliphatic heterocycles. The highest BCUT2D eigenvalue weighted by Gasteiger charge is 2.14. The molecular formula is C14H9BrF2O. The summed E-state index contributed by atoms with van der Waals surface area (Å²) >= 11 is 3.09. The molecule has 92 valence electrons. The standard InChI is InChI=1S/C14H9BrF2O/c15-8-14(18)12-4-2-1-3-10(12)11-6-5-9(16)7-13(11)17/h1-7H,8H2. The Labute approximate surface area is 112 Å². The third kappa shape index (κ3) is 2.48. The Morgan fingerprint density at radius 3 is 2.44 bits per heavy atom. The van der Waals surface area contributed by atoms with Crippen molar-refractivity contribution in [3.63, 3.8) is 0 Å². The lowest BCUT2D eigenvalue weighted by atomic mass is 9.97. The topological polar surface area (TPSA) is 17.1 Å². The van der Waals surface area contributed by atoms with Crippen molar-refractivity contribution in [3.8, 4) is 11.1 Å². The van der Waals surface area contributed by atoms with Crippen LogP contribution >= 0.6 is 15.9 Å². The van der Waals surface area contributed by atoms with Gasteiger partial charge < -0.3 is 0 Å². The van der Waals surface area contributed by atoms with Gasteiger partial charge in [-0.1, -0.05) is 40.2 Å². The first-order valence-corrected chi connectivity index (χ1v) is 6.39. The molecule has 4 heteroatoms. The highest BCUT2D eigenvalue weighted by atomic mass is 79.9. The fourth-order valence-corrected chi connectivity index (χ4v) is 2.04. The summed E-state index contributed by atoms with van der Waals surface area (Å²) in [7, 11) is 0. The number of benzene rings is 2. The van der Waals surface area contributed by atoms with Crippen LogP contribution in [0.3, 0.4) is 0 Å². The highest BCUT2D eigenvalue weighted by Crippen LogP contribution is 2.27. The van der Waals surface area contributed by atoms with Crippen molar-refractivity contribution in [2.24, 2.45) is 0 Å². The smallest absolute Gasteiger partial charge is 0.173 e. The minimum Gasteiger partial charge on any atom is -0.293 e. The molecule has 2 aromatic carbocycles. The zero-order valence-corrected chi connectivity index (χ0v) is 10.9. The molecule has 0 radical (unpaired) electrons. The van der Waals surface area contributed by atoms with Crippen LogP contribution < -0.4 is 0 Å². The summed E-state index contributed by atoms with van der Waals surface area (Å²) in [6.45, 7) is 0. The second-order valence-corrected chi connectivity index (χ2v) is 4.29. The molecule has 0 amide bonds. The van der Waals surface area contributed by atoms with E-state index in [1.165, 1.54) is 12.1 Å². The maximum Gasteiger partial charge on any atom is 0.173 e. The van der Waals surface area contributed by atoms with Gasteiger partial charge >= 0.3 is 0 Å². The SMILES string of the molecule is O=C(CBr)c1ccccc1-c1ccc(F)cc1F. The van der Waals surface area contributed by atoms with E-state index in [4.69, 9.17) is 0 Å². The second-order valence-electron chi connectivity index (χ2n) is 3.73. The Morgan fingerprint density at radius 1 is 1.06 bits per heavy atom. The largest absolute Gasteiger partial charge is 0.293 e. The van der Waals surface area contributed by atoms with Gasteiger partial charge in [0.2, 0.25) is 0 Å². The van der Waals surface area contributed by atoms with Crippen LogP contribution in [0.1, 0.15) is 10.4 Å². The molecule has 0 bridgehead atoms. The van der Waals surface area contributed by atoms with E-state index in [-0.39, 0.29) is 16.7 Å². The van der Waals surface area contributed by atoms with E-state index in [9.17, 15) is 13.6 Å². The van der Waals surface area contributed by atoms with Crippen LogP contribution in [-0.4, -0.2) is 11.1 Å². The summed E-state index contributed by atoms with van der Waals surface area (Å²) in [4.78, 5) is 11.7. The molecule has 0 heterocycles. The lowest BCUT2D eigenvalue weighted by Crippen LogP contribution is -2.03. The van der Waals surface area contributed by atoms with Gasteiger partial charge in [0.15, 0.2) is 5.78 Å². The van der Waals surface area contributed by atoms with E-state index in [0.717, 1.165) is 6.07 Å². The van der Waals surface area contributed by atoms with E-state index in [2.05, 4.69) is 15.9 Å². The maximum atomic E-state index is 13.7. The number of hydrogen-bond acceptors (Lipinski definition) is 1. The van der Waals surface area contributed by atoms with Crippen molar-refractivity contribution in [1.29, 1.82) is 0 Å². The molecule has 1 nitrogen and oxygen atoms in total. The number of ketones is 1. The second kappa shape index (κ2) is 5.40. The number of alkyl halides is 1. The summed E-state index contributed by atoms with van der Waals surface area (Å²) in [5.41, 5.74) is 1.11. The first kappa shape index (κ1) is 12.9. The van der Waals surface area contributed by atoms with Crippen LogP contribution in [0, 0.1) is 11.6 Å². The lowest BCUT2D eigenvalue weighted by molar-refractivity contribution is 0.102. The minimum atomic E-state index is -0.676. The van der Waals surface area contributed by atoms with Crippen LogP contribution in [0.5, 0.6) is 0 Å². The van der Waals surface area contributed by atoms with Crippen molar-refractivity contribution in [3.05, 3.63) is 59.7 Å². The Morgan fingerprint density at radius 2 is 1.78 bits per heavy atom. The van der Waals surface area contributed by atoms with Crippen LogP contribution in [0.15, 0.2) is 42.5 Å². The van der Waals surface area contributed by atoms with Crippen LogP contribution in [0.4, 0.5) is 8.78 Å². The molecule has 0 spiro atoms. The number of hydrogen-bond donors (Lipinski definition) is 0. The van der Waals surface area contributed by atoms with Crippen molar-refractivity contribution in [2.45, 2.75) is 0 Å². The van der Waals surface area contributed by atoms with E-state index >= 15 is 0 Å². The average Bonchev–Trinajstić information content (AvgIpc) is 2.38. The monoisotopic (exact) mass is 310 g/mol. The van der Waals surface area contributed by atoms with Gasteiger partial charge in [-0.05, 0) is 17.7 Å². The lowest BCUT2D eigenvalue weighted by Gasteiger charge is -2.08. The molecule has 0 aromatic heterocycles. The zero-order chi connectivity index (χ0) is 13.1. The highest BCUT2D eigenvalue weighted by molar-refractivity contribution is 9.09. The summed E-state index contributed by atoms with van der Waals surface area (Å²) in [6, 6.07) is 10.0. The van der Waals surface area contributed by atoms with Gasteiger partial charge in [0.1, 0.15) is 11.6 Å². The van der Waals surface area contributed by atoms with Crippen molar-refractivity contribution >= 4 is 21.7 Å². The molecule has 2 rings (SSSR count). The molecular weight excluding hydrogens is 302 g/mol. The van der Waals surface area contributed by atoms with Gasteiger partial charge in [0, 0.05) is 17.2 Å². The van der Waals surface area contributed by atoms with Crippen molar-refractivity contribution < 1.29 is 13.6 Å². The van der Waals surface area contributed by atoms with E-state index in [1.807, 2.05) is 0 Å². The van der Waals surface area contributed by atoms with Gasteiger partial charge in [0.05, 0.1) is 5.33 Å². The molecule has 0 fully saturated rings. The molecule has 2 aromatic rings. The number of Topliss-reactive ketones (excluding diaryl/α,β-unsaturated/α-hetero) is 1. The maximum absolute atomic E-state index is 13.7.